The van der Waals surface area contributed by atoms with Crippen LogP contribution in [0.25, 0.3) is 11.0 Å². The van der Waals surface area contributed by atoms with Crippen molar-refractivity contribution < 1.29 is 14.3 Å². The molecule has 1 saturated heterocycles. The van der Waals surface area contributed by atoms with Gasteiger partial charge < -0.3 is 18.9 Å². The molecule has 32 heavy (non-hydrogen) atoms. The molecule has 0 atom stereocenters. The van der Waals surface area contributed by atoms with E-state index in [0.29, 0.717) is 17.5 Å². The number of fused-ring (bicyclic) bond motifs is 1. The Bertz CT molecular complexity index is 1230. The van der Waals surface area contributed by atoms with Gasteiger partial charge in [-0.1, -0.05) is 18.2 Å². The van der Waals surface area contributed by atoms with Crippen molar-refractivity contribution in [3.05, 3.63) is 85.5 Å². The first-order chi connectivity index (χ1) is 15.8. The summed E-state index contributed by atoms with van der Waals surface area (Å²) in [6, 6.07) is 19.1. The molecular formula is C25H22N4O3. The number of benzene rings is 2. The normalized spacial score (nSPS) is 13.9. The van der Waals surface area contributed by atoms with E-state index in [1.807, 2.05) is 73.1 Å². The third-order valence-corrected chi connectivity index (χ3v) is 5.35. The zero-order chi connectivity index (χ0) is 21.8. The molecule has 1 aliphatic rings. The van der Waals surface area contributed by atoms with Gasteiger partial charge >= 0.3 is 0 Å². The lowest BCUT2D eigenvalue weighted by Gasteiger charge is -2.38. The maximum absolute atomic E-state index is 10.5. The van der Waals surface area contributed by atoms with E-state index < -0.39 is 0 Å². The van der Waals surface area contributed by atoms with Gasteiger partial charge in [0.25, 0.3) is 0 Å². The zero-order valence-electron chi connectivity index (χ0n) is 17.4. The van der Waals surface area contributed by atoms with Gasteiger partial charge in [0.2, 0.25) is 5.88 Å². The smallest absolute Gasteiger partial charge is 0.247 e. The molecule has 5 rings (SSSR count). The van der Waals surface area contributed by atoms with Gasteiger partial charge in [0.1, 0.15) is 35.4 Å². The standard InChI is InChI=1S/C25H22N4O3/c30-14-4-12-28-15-19(16-28)17-29-13-11-23-24(29)25(27-18-26-23)32-22-9-7-21(8-10-22)31-20-5-2-1-3-6-20/h1-14,18-19H,15-17H2. The van der Waals surface area contributed by atoms with Crippen LogP contribution in [0.15, 0.2) is 85.5 Å². The Balaban J connectivity index is 1.30. The van der Waals surface area contributed by atoms with Gasteiger partial charge in [0, 0.05) is 37.9 Å². The highest BCUT2D eigenvalue weighted by atomic mass is 16.5. The van der Waals surface area contributed by atoms with Gasteiger partial charge in [0.05, 0.1) is 5.52 Å². The van der Waals surface area contributed by atoms with Crippen molar-refractivity contribution in [2.24, 2.45) is 5.92 Å². The van der Waals surface area contributed by atoms with Gasteiger partial charge in [-0.05, 0) is 48.5 Å². The Hall–Kier alpha value is -4.13. The SMILES string of the molecule is O=CC=CN1CC(Cn2ccc3ncnc(Oc4ccc(Oc5ccccc5)cc4)c32)C1. The molecule has 3 heterocycles. The first-order valence-electron chi connectivity index (χ1n) is 10.4. The fourth-order valence-electron chi connectivity index (χ4n) is 3.82. The van der Waals surface area contributed by atoms with Crippen LogP contribution in [0.2, 0.25) is 0 Å². The Kier molecular flexibility index (Phi) is 5.53. The Morgan fingerprint density at radius 2 is 1.62 bits per heavy atom. The molecule has 1 aliphatic heterocycles. The van der Waals surface area contributed by atoms with Crippen LogP contribution < -0.4 is 9.47 Å². The second-order valence-corrected chi connectivity index (χ2v) is 7.67. The molecule has 0 amide bonds. The van der Waals surface area contributed by atoms with Crippen molar-refractivity contribution in [3.8, 4) is 23.1 Å². The minimum Gasteiger partial charge on any atom is -0.457 e. The number of para-hydroxylation sites is 1. The van der Waals surface area contributed by atoms with Gasteiger partial charge in [0.15, 0.2) is 0 Å². The average molecular weight is 426 g/mol. The molecule has 4 aromatic rings. The van der Waals surface area contributed by atoms with Crippen molar-refractivity contribution in [1.82, 2.24) is 19.4 Å². The lowest BCUT2D eigenvalue weighted by molar-refractivity contribution is -0.104. The van der Waals surface area contributed by atoms with Crippen LogP contribution in [0.3, 0.4) is 0 Å². The third-order valence-electron chi connectivity index (χ3n) is 5.35. The molecule has 2 aromatic carbocycles. The summed E-state index contributed by atoms with van der Waals surface area (Å²) in [6.07, 6.45) is 7.70. The summed E-state index contributed by atoms with van der Waals surface area (Å²) in [4.78, 5) is 21.4. The van der Waals surface area contributed by atoms with E-state index in [2.05, 4.69) is 19.4 Å². The highest BCUT2D eigenvalue weighted by Gasteiger charge is 2.25. The zero-order valence-corrected chi connectivity index (χ0v) is 17.4. The van der Waals surface area contributed by atoms with Crippen LogP contribution in [0.4, 0.5) is 0 Å². The van der Waals surface area contributed by atoms with Crippen LogP contribution in [-0.2, 0) is 11.3 Å². The molecule has 0 unspecified atom stereocenters. The maximum atomic E-state index is 10.5. The van der Waals surface area contributed by atoms with Crippen LogP contribution in [0, 0.1) is 5.92 Å². The lowest BCUT2D eigenvalue weighted by atomic mass is 10.0. The average Bonchev–Trinajstić information content (AvgIpc) is 3.21. The maximum Gasteiger partial charge on any atom is 0.247 e. The number of rotatable bonds is 8. The van der Waals surface area contributed by atoms with Crippen LogP contribution in [-0.4, -0.2) is 38.8 Å². The van der Waals surface area contributed by atoms with E-state index in [9.17, 15) is 4.79 Å². The lowest BCUT2D eigenvalue weighted by Crippen LogP contribution is -2.44. The number of carbonyl (C=O) groups is 1. The van der Waals surface area contributed by atoms with E-state index in [-0.39, 0.29) is 0 Å². The van der Waals surface area contributed by atoms with Crippen LogP contribution in [0.5, 0.6) is 23.1 Å². The molecule has 0 spiro atoms. The van der Waals surface area contributed by atoms with Gasteiger partial charge in [-0.25, -0.2) is 4.98 Å². The predicted octanol–water partition coefficient (Wildman–Crippen LogP) is 4.66. The van der Waals surface area contributed by atoms with Crippen molar-refractivity contribution in [3.63, 3.8) is 0 Å². The minimum atomic E-state index is 0.490. The summed E-state index contributed by atoms with van der Waals surface area (Å²) in [5.41, 5.74) is 1.72. The molecule has 2 aromatic heterocycles. The number of ether oxygens (including phenoxy) is 2. The molecule has 0 bridgehead atoms. The summed E-state index contributed by atoms with van der Waals surface area (Å²) >= 11 is 0. The van der Waals surface area contributed by atoms with E-state index in [0.717, 1.165) is 48.5 Å². The number of allylic oxidation sites excluding steroid dienone is 1. The third kappa shape index (κ3) is 4.32. The summed E-state index contributed by atoms with van der Waals surface area (Å²) in [7, 11) is 0. The number of hydrogen-bond donors (Lipinski definition) is 0. The topological polar surface area (TPSA) is 69.5 Å². The van der Waals surface area contributed by atoms with Crippen molar-refractivity contribution >= 4 is 17.3 Å². The molecular weight excluding hydrogens is 404 g/mol. The van der Waals surface area contributed by atoms with E-state index in [4.69, 9.17) is 9.47 Å². The molecule has 0 saturated carbocycles. The number of aldehydes is 1. The molecule has 7 nitrogen and oxygen atoms in total. The summed E-state index contributed by atoms with van der Waals surface area (Å²) < 4.78 is 14.1. The highest BCUT2D eigenvalue weighted by molar-refractivity contribution is 5.80. The Labute approximate surface area is 185 Å². The number of likely N-dealkylation sites (tertiary alicyclic amines) is 1. The summed E-state index contributed by atoms with van der Waals surface area (Å²) in [5, 5.41) is 0. The van der Waals surface area contributed by atoms with E-state index in [1.54, 1.807) is 0 Å². The van der Waals surface area contributed by atoms with Gasteiger partial charge in [-0.2, -0.15) is 4.98 Å². The van der Waals surface area contributed by atoms with Crippen LogP contribution >= 0.6 is 0 Å². The number of aromatic nitrogens is 3. The predicted molar refractivity (Wildman–Crippen MR) is 121 cm³/mol. The van der Waals surface area contributed by atoms with Crippen molar-refractivity contribution in [2.45, 2.75) is 6.54 Å². The van der Waals surface area contributed by atoms with E-state index >= 15 is 0 Å². The first kappa shape index (κ1) is 19.8. The highest BCUT2D eigenvalue weighted by Crippen LogP contribution is 2.31. The van der Waals surface area contributed by atoms with Gasteiger partial charge in [-0.3, -0.25) is 4.79 Å². The number of hydrogen-bond acceptors (Lipinski definition) is 6. The fourth-order valence-corrected chi connectivity index (χ4v) is 3.82. The molecule has 0 aliphatic carbocycles. The molecule has 0 N–H and O–H groups in total. The van der Waals surface area contributed by atoms with Crippen molar-refractivity contribution in [1.29, 1.82) is 0 Å². The van der Waals surface area contributed by atoms with Crippen molar-refractivity contribution in [2.75, 3.05) is 13.1 Å². The summed E-state index contributed by atoms with van der Waals surface area (Å²) in [5.74, 6) is 3.20. The summed E-state index contributed by atoms with van der Waals surface area (Å²) in [6.45, 7) is 2.66. The van der Waals surface area contributed by atoms with E-state index in [1.165, 1.54) is 12.4 Å². The molecule has 0 radical (unpaired) electrons. The van der Waals surface area contributed by atoms with Gasteiger partial charge in [-0.15, -0.1) is 0 Å². The second kappa shape index (κ2) is 8.93. The molecule has 7 heteroatoms. The quantitative estimate of drug-likeness (QED) is 0.302. The number of nitrogens with zero attached hydrogens (tertiary/aromatic N) is 4. The largest absolute Gasteiger partial charge is 0.457 e. The number of carbonyl (C=O) groups excluding carboxylic acids is 1. The molecule has 1 fully saturated rings. The minimum absolute atomic E-state index is 0.490. The fraction of sp³-hybridized carbons (Fsp3) is 0.160. The molecule has 160 valence electrons. The Morgan fingerprint density at radius 1 is 0.906 bits per heavy atom. The monoisotopic (exact) mass is 426 g/mol. The van der Waals surface area contributed by atoms with Crippen LogP contribution in [0.1, 0.15) is 0 Å². The second-order valence-electron chi connectivity index (χ2n) is 7.67. The first-order valence-corrected chi connectivity index (χ1v) is 10.4. The Morgan fingerprint density at radius 3 is 2.38 bits per heavy atom.